The summed E-state index contributed by atoms with van der Waals surface area (Å²) in [6.45, 7) is 7.60. The van der Waals surface area contributed by atoms with Gasteiger partial charge in [0.1, 0.15) is 11.9 Å². The zero-order chi connectivity index (χ0) is 20.6. The van der Waals surface area contributed by atoms with Crippen molar-refractivity contribution in [3.63, 3.8) is 0 Å². The third-order valence-electron chi connectivity index (χ3n) is 4.04. The van der Waals surface area contributed by atoms with E-state index in [1.54, 1.807) is 19.1 Å². The first-order chi connectivity index (χ1) is 13.3. The zero-order valence-electron chi connectivity index (χ0n) is 16.9. The van der Waals surface area contributed by atoms with E-state index >= 15 is 0 Å². The van der Waals surface area contributed by atoms with Gasteiger partial charge in [-0.2, -0.15) is 0 Å². The van der Waals surface area contributed by atoms with Crippen LogP contribution in [0.25, 0.3) is 0 Å². The van der Waals surface area contributed by atoms with Gasteiger partial charge in [-0.05, 0) is 50.1 Å². The Balaban J connectivity index is 1.97. The summed E-state index contributed by atoms with van der Waals surface area (Å²) in [7, 11) is -3.21. The molecule has 1 unspecified atom stereocenters. The topological polar surface area (TPSA) is 79.8 Å². The van der Waals surface area contributed by atoms with Gasteiger partial charge in [-0.25, -0.2) is 13.4 Å². The highest BCUT2D eigenvalue weighted by molar-refractivity contribution is 7.90. The first-order valence-electron chi connectivity index (χ1n) is 9.33. The maximum absolute atomic E-state index is 11.7. The zero-order valence-corrected chi connectivity index (χ0v) is 17.7. The van der Waals surface area contributed by atoms with E-state index in [0.29, 0.717) is 23.9 Å². The summed E-state index contributed by atoms with van der Waals surface area (Å²) in [5, 5.41) is 6.49. The van der Waals surface area contributed by atoms with Crippen molar-refractivity contribution in [3.05, 3.63) is 59.7 Å². The molecule has 0 aliphatic rings. The van der Waals surface area contributed by atoms with E-state index in [0.717, 1.165) is 23.4 Å². The number of sulfone groups is 1. The van der Waals surface area contributed by atoms with Crippen molar-refractivity contribution in [2.45, 2.75) is 38.3 Å². The summed E-state index contributed by atoms with van der Waals surface area (Å²) in [5.74, 6) is 1.52. The van der Waals surface area contributed by atoms with Gasteiger partial charge in [-0.1, -0.05) is 30.3 Å². The van der Waals surface area contributed by atoms with E-state index in [-0.39, 0.29) is 6.10 Å². The first-order valence-corrected chi connectivity index (χ1v) is 11.2. The predicted molar refractivity (Wildman–Crippen MR) is 114 cm³/mol. The van der Waals surface area contributed by atoms with E-state index in [2.05, 4.69) is 15.6 Å². The molecule has 2 aromatic carbocycles. The molecular formula is C21H29N3O3S. The fourth-order valence-electron chi connectivity index (χ4n) is 2.75. The number of rotatable bonds is 8. The van der Waals surface area contributed by atoms with E-state index in [1.165, 1.54) is 6.26 Å². The Morgan fingerprint density at radius 2 is 1.86 bits per heavy atom. The molecule has 7 heteroatoms. The minimum atomic E-state index is -3.21. The summed E-state index contributed by atoms with van der Waals surface area (Å²) in [6, 6.07) is 15.0. The molecule has 0 aliphatic carbocycles. The molecule has 1 atom stereocenters. The summed E-state index contributed by atoms with van der Waals surface area (Å²) in [4.78, 5) is 4.94. The van der Waals surface area contributed by atoms with Gasteiger partial charge in [0.05, 0.1) is 18.0 Å². The number of para-hydroxylation sites is 1. The second-order valence-electron chi connectivity index (χ2n) is 6.69. The van der Waals surface area contributed by atoms with Gasteiger partial charge in [-0.3, -0.25) is 0 Å². The molecule has 2 N–H and O–H groups in total. The third-order valence-corrected chi connectivity index (χ3v) is 5.30. The number of hydrogen-bond acceptors (Lipinski definition) is 4. The van der Waals surface area contributed by atoms with Crippen LogP contribution in [-0.4, -0.2) is 39.8 Å². The average molecular weight is 404 g/mol. The molecule has 0 fully saturated rings. The van der Waals surface area contributed by atoms with Crippen LogP contribution >= 0.6 is 0 Å². The molecule has 0 amide bonds. The number of guanidine groups is 1. The minimum Gasteiger partial charge on any atom is -0.489 e. The van der Waals surface area contributed by atoms with Gasteiger partial charge in [0.25, 0.3) is 0 Å². The molecule has 0 radical (unpaired) electrons. The van der Waals surface area contributed by atoms with Crippen molar-refractivity contribution in [2.24, 2.45) is 4.99 Å². The second kappa shape index (κ2) is 10.1. The molecule has 0 spiro atoms. The van der Waals surface area contributed by atoms with Crippen molar-refractivity contribution in [1.29, 1.82) is 0 Å². The Morgan fingerprint density at radius 3 is 2.46 bits per heavy atom. The molecule has 2 rings (SSSR count). The SMILES string of the molecule is CCNC(=NCc1ccc(S(C)(=O)=O)c(C)c1)NCC(C)Oc1ccccc1. The lowest BCUT2D eigenvalue weighted by molar-refractivity contribution is 0.224. The standard InChI is InChI=1S/C21H29N3O3S/c1-5-22-21(23-14-17(3)27-19-9-7-6-8-10-19)24-15-18-11-12-20(16(2)13-18)28(4,25)26/h6-13,17H,5,14-15H2,1-4H3,(H2,22,23,24). The van der Waals surface area contributed by atoms with Gasteiger partial charge >= 0.3 is 0 Å². The van der Waals surface area contributed by atoms with Crippen LogP contribution in [0, 0.1) is 6.92 Å². The van der Waals surface area contributed by atoms with Crippen LogP contribution in [0.2, 0.25) is 0 Å². The highest BCUT2D eigenvalue weighted by Crippen LogP contribution is 2.17. The lowest BCUT2D eigenvalue weighted by Gasteiger charge is -2.17. The summed E-state index contributed by atoms with van der Waals surface area (Å²) in [6.07, 6.45) is 1.20. The third kappa shape index (κ3) is 6.88. The quantitative estimate of drug-likeness (QED) is 0.523. The van der Waals surface area contributed by atoms with Crippen molar-refractivity contribution in [1.82, 2.24) is 10.6 Å². The van der Waals surface area contributed by atoms with Gasteiger partial charge in [0.15, 0.2) is 15.8 Å². The largest absolute Gasteiger partial charge is 0.489 e. The van der Waals surface area contributed by atoms with Crippen LogP contribution < -0.4 is 15.4 Å². The lowest BCUT2D eigenvalue weighted by atomic mass is 10.1. The van der Waals surface area contributed by atoms with Crippen LogP contribution in [0.4, 0.5) is 0 Å². The fraction of sp³-hybridized carbons (Fsp3) is 0.381. The van der Waals surface area contributed by atoms with E-state index in [9.17, 15) is 8.42 Å². The molecule has 0 aromatic heterocycles. The molecule has 6 nitrogen and oxygen atoms in total. The van der Waals surface area contributed by atoms with Crippen molar-refractivity contribution >= 4 is 15.8 Å². The highest BCUT2D eigenvalue weighted by atomic mass is 32.2. The molecular weight excluding hydrogens is 374 g/mol. The van der Waals surface area contributed by atoms with Crippen LogP contribution in [0.3, 0.4) is 0 Å². The van der Waals surface area contributed by atoms with Crippen LogP contribution in [0.5, 0.6) is 5.75 Å². The number of nitrogens with one attached hydrogen (secondary N) is 2. The minimum absolute atomic E-state index is 0.0254. The maximum atomic E-state index is 11.7. The van der Waals surface area contributed by atoms with Crippen LogP contribution in [0.15, 0.2) is 58.4 Å². The molecule has 0 heterocycles. The van der Waals surface area contributed by atoms with Crippen molar-refractivity contribution in [2.75, 3.05) is 19.3 Å². The molecule has 0 saturated carbocycles. The fourth-order valence-corrected chi connectivity index (χ4v) is 3.71. The highest BCUT2D eigenvalue weighted by Gasteiger charge is 2.11. The Kier molecular flexibility index (Phi) is 7.87. The Labute approximate surface area is 168 Å². The molecule has 28 heavy (non-hydrogen) atoms. The Morgan fingerprint density at radius 1 is 1.14 bits per heavy atom. The number of benzene rings is 2. The van der Waals surface area contributed by atoms with E-state index < -0.39 is 9.84 Å². The molecule has 0 bridgehead atoms. The van der Waals surface area contributed by atoms with Crippen molar-refractivity contribution < 1.29 is 13.2 Å². The number of aryl methyl sites for hydroxylation is 1. The average Bonchev–Trinajstić information content (AvgIpc) is 2.64. The summed E-state index contributed by atoms with van der Waals surface area (Å²) in [5.41, 5.74) is 1.69. The molecule has 0 saturated heterocycles. The number of ether oxygens (including phenoxy) is 1. The smallest absolute Gasteiger partial charge is 0.191 e. The number of hydrogen-bond donors (Lipinski definition) is 2. The Bertz CT molecular complexity index is 896. The van der Waals surface area contributed by atoms with E-state index in [4.69, 9.17) is 4.74 Å². The van der Waals surface area contributed by atoms with Crippen LogP contribution in [-0.2, 0) is 16.4 Å². The van der Waals surface area contributed by atoms with Gasteiger partial charge in [-0.15, -0.1) is 0 Å². The lowest BCUT2D eigenvalue weighted by Crippen LogP contribution is -2.41. The van der Waals surface area contributed by atoms with Gasteiger partial charge in [0, 0.05) is 12.8 Å². The maximum Gasteiger partial charge on any atom is 0.191 e. The van der Waals surface area contributed by atoms with Crippen molar-refractivity contribution in [3.8, 4) is 5.75 Å². The second-order valence-corrected chi connectivity index (χ2v) is 8.67. The number of aliphatic imine (C=N–C) groups is 1. The van der Waals surface area contributed by atoms with Gasteiger partial charge < -0.3 is 15.4 Å². The summed E-state index contributed by atoms with van der Waals surface area (Å²) < 4.78 is 29.3. The monoisotopic (exact) mass is 403 g/mol. The normalized spacial score (nSPS) is 13.1. The first kappa shape index (κ1) is 21.8. The molecule has 152 valence electrons. The van der Waals surface area contributed by atoms with Crippen LogP contribution in [0.1, 0.15) is 25.0 Å². The number of nitrogens with zero attached hydrogens (tertiary/aromatic N) is 1. The van der Waals surface area contributed by atoms with E-state index in [1.807, 2.05) is 50.2 Å². The predicted octanol–water partition coefficient (Wildman–Crippen LogP) is 2.92. The molecule has 2 aromatic rings. The Hall–Kier alpha value is -2.54. The molecule has 0 aliphatic heterocycles. The van der Waals surface area contributed by atoms with Gasteiger partial charge in [0.2, 0.25) is 0 Å². The summed E-state index contributed by atoms with van der Waals surface area (Å²) >= 11 is 0.